The minimum atomic E-state index is -0.170. The van der Waals surface area contributed by atoms with Crippen molar-refractivity contribution in [3.8, 4) is 0 Å². The molecule has 106 valence electrons. The lowest BCUT2D eigenvalue weighted by atomic mass is 9.83. The Morgan fingerprint density at radius 3 is 2.58 bits per heavy atom. The molecule has 1 aromatic rings. The molecule has 0 aromatic carbocycles. The molecule has 0 spiro atoms. The monoisotopic (exact) mass is 280 g/mol. The van der Waals surface area contributed by atoms with E-state index in [4.69, 9.17) is 4.98 Å². The van der Waals surface area contributed by atoms with E-state index in [0.29, 0.717) is 6.04 Å². The molecule has 1 saturated carbocycles. The maximum absolute atomic E-state index is 10.1. The third kappa shape index (κ3) is 2.65. The van der Waals surface area contributed by atoms with Gasteiger partial charge in [-0.3, -0.25) is 0 Å². The number of nitrogens with zero attached hydrogens (tertiary/aromatic N) is 2. The molecule has 1 N–H and O–H groups in total. The van der Waals surface area contributed by atoms with Crippen LogP contribution in [-0.4, -0.2) is 28.8 Å². The fourth-order valence-corrected chi connectivity index (χ4v) is 4.58. The van der Waals surface area contributed by atoms with Gasteiger partial charge in [-0.05, 0) is 39.0 Å². The van der Waals surface area contributed by atoms with Crippen LogP contribution in [0.25, 0.3) is 0 Å². The second-order valence-electron chi connectivity index (χ2n) is 6.15. The molecule has 19 heavy (non-hydrogen) atoms. The Hall–Kier alpha value is -0.610. The van der Waals surface area contributed by atoms with Crippen molar-refractivity contribution < 1.29 is 5.11 Å². The lowest BCUT2D eigenvalue weighted by Gasteiger charge is -2.33. The van der Waals surface area contributed by atoms with Gasteiger partial charge in [0.1, 0.15) is 0 Å². The number of anilines is 1. The van der Waals surface area contributed by atoms with Crippen molar-refractivity contribution in [1.82, 2.24) is 4.98 Å². The van der Waals surface area contributed by atoms with Gasteiger partial charge < -0.3 is 10.0 Å². The quantitative estimate of drug-likeness (QED) is 0.903. The summed E-state index contributed by atoms with van der Waals surface area (Å²) in [6.45, 7) is 4.99. The zero-order valence-electron chi connectivity index (χ0n) is 11.9. The van der Waals surface area contributed by atoms with Crippen LogP contribution < -0.4 is 4.90 Å². The molecule has 2 atom stereocenters. The molecule has 0 unspecified atom stereocenters. The van der Waals surface area contributed by atoms with Crippen molar-refractivity contribution in [2.24, 2.45) is 5.92 Å². The summed E-state index contributed by atoms with van der Waals surface area (Å²) in [5, 5.41) is 11.2. The summed E-state index contributed by atoms with van der Waals surface area (Å²) in [6, 6.07) is 0.514. The molecule has 1 aromatic heterocycles. The second kappa shape index (κ2) is 5.41. The zero-order valence-corrected chi connectivity index (χ0v) is 12.7. The maximum Gasteiger partial charge on any atom is 0.186 e. The number of aryl methyl sites for hydroxylation is 2. The molecule has 3 nitrogen and oxygen atoms in total. The second-order valence-corrected chi connectivity index (χ2v) is 7.33. The van der Waals surface area contributed by atoms with Crippen LogP contribution in [-0.2, 0) is 0 Å². The van der Waals surface area contributed by atoms with Gasteiger partial charge in [-0.2, -0.15) is 0 Å². The first-order valence-electron chi connectivity index (χ1n) is 7.54. The number of hydrogen-bond donors (Lipinski definition) is 1. The van der Waals surface area contributed by atoms with E-state index >= 15 is 0 Å². The topological polar surface area (TPSA) is 36.4 Å². The van der Waals surface area contributed by atoms with Gasteiger partial charge in [0, 0.05) is 17.5 Å². The molecule has 1 saturated heterocycles. The average molecular weight is 280 g/mol. The lowest BCUT2D eigenvalue weighted by Crippen LogP contribution is -2.36. The summed E-state index contributed by atoms with van der Waals surface area (Å²) < 4.78 is 0. The number of hydrogen-bond acceptors (Lipinski definition) is 4. The van der Waals surface area contributed by atoms with Crippen molar-refractivity contribution in [2.75, 3.05) is 11.4 Å². The Labute approximate surface area is 119 Å². The van der Waals surface area contributed by atoms with E-state index in [1.807, 2.05) is 0 Å². The molecule has 1 aliphatic carbocycles. The molecule has 1 aliphatic heterocycles. The van der Waals surface area contributed by atoms with Gasteiger partial charge in [-0.25, -0.2) is 4.98 Å². The van der Waals surface area contributed by atoms with Crippen LogP contribution in [0.4, 0.5) is 5.13 Å². The van der Waals surface area contributed by atoms with E-state index in [2.05, 4.69) is 18.7 Å². The Morgan fingerprint density at radius 2 is 1.95 bits per heavy atom. The van der Waals surface area contributed by atoms with Crippen LogP contribution >= 0.6 is 11.3 Å². The molecular weight excluding hydrogens is 256 g/mol. The van der Waals surface area contributed by atoms with E-state index in [1.54, 1.807) is 11.3 Å². The van der Waals surface area contributed by atoms with Crippen LogP contribution in [0.2, 0.25) is 0 Å². The number of rotatable bonds is 2. The van der Waals surface area contributed by atoms with Crippen molar-refractivity contribution in [3.05, 3.63) is 10.6 Å². The fourth-order valence-electron chi connectivity index (χ4n) is 3.61. The van der Waals surface area contributed by atoms with Crippen LogP contribution in [0.3, 0.4) is 0 Å². The largest absolute Gasteiger partial charge is 0.391 e. The highest BCUT2D eigenvalue weighted by molar-refractivity contribution is 7.15. The van der Waals surface area contributed by atoms with E-state index < -0.39 is 0 Å². The van der Waals surface area contributed by atoms with Gasteiger partial charge in [0.05, 0.1) is 11.8 Å². The van der Waals surface area contributed by atoms with Gasteiger partial charge in [0.15, 0.2) is 5.13 Å². The first-order valence-corrected chi connectivity index (χ1v) is 8.35. The minimum Gasteiger partial charge on any atom is -0.391 e. The standard InChI is InChI=1S/C15H24N2OS/c1-10-11(2)19-15(16-10)17-9-13(18)8-14(17)12-6-4-3-5-7-12/h12-14,18H,3-9H2,1-2H3/t13-,14+/m0/s1. The van der Waals surface area contributed by atoms with Crippen molar-refractivity contribution in [1.29, 1.82) is 0 Å². The minimum absolute atomic E-state index is 0.170. The van der Waals surface area contributed by atoms with Crippen LogP contribution in [0.15, 0.2) is 0 Å². The van der Waals surface area contributed by atoms with E-state index in [1.165, 1.54) is 37.0 Å². The highest BCUT2D eigenvalue weighted by Gasteiger charge is 2.38. The number of thiazole rings is 1. The normalized spacial score (nSPS) is 29.1. The Morgan fingerprint density at radius 1 is 1.21 bits per heavy atom. The summed E-state index contributed by atoms with van der Waals surface area (Å²) in [7, 11) is 0. The maximum atomic E-state index is 10.1. The van der Waals surface area contributed by atoms with Gasteiger partial charge >= 0.3 is 0 Å². The van der Waals surface area contributed by atoms with Crippen LogP contribution in [0, 0.1) is 19.8 Å². The van der Waals surface area contributed by atoms with E-state index in [9.17, 15) is 5.11 Å². The number of β-amino-alcohol motifs (C(OH)–C–C–N with tert-alkyl or cyclic N) is 1. The lowest BCUT2D eigenvalue weighted by molar-refractivity contribution is 0.185. The number of aromatic nitrogens is 1. The average Bonchev–Trinajstić information content (AvgIpc) is 2.95. The van der Waals surface area contributed by atoms with E-state index in [-0.39, 0.29) is 6.10 Å². The predicted octanol–water partition coefficient (Wildman–Crippen LogP) is 3.28. The van der Waals surface area contributed by atoms with Crippen LogP contribution in [0.1, 0.15) is 49.1 Å². The SMILES string of the molecule is Cc1nc(N2C[C@@H](O)C[C@@H]2C2CCCCC2)sc1C. The van der Waals surface area contributed by atoms with Gasteiger partial charge in [0.2, 0.25) is 0 Å². The predicted molar refractivity (Wildman–Crippen MR) is 79.9 cm³/mol. The Bertz CT molecular complexity index is 420. The molecular formula is C15H24N2OS. The van der Waals surface area contributed by atoms with Crippen molar-refractivity contribution >= 4 is 16.5 Å². The molecule has 2 aliphatic rings. The summed E-state index contributed by atoms with van der Waals surface area (Å²) in [6.07, 6.45) is 7.54. The summed E-state index contributed by atoms with van der Waals surface area (Å²) in [4.78, 5) is 8.40. The Balaban J connectivity index is 1.81. The zero-order chi connectivity index (χ0) is 13.4. The highest BCUT2D eigenvalue weighted by atomic mass is 32.1. The fraction of sp³-hybridized carbons (Fsp3) is 0.800. The van der Waals surface area contributed by atoms with Gasteiger partial charge in [-0.1, -0.05) is 19.3 Å². The van der Waals surface area contributed by atoms with Crippen LogP contribution in [0.5, 0.6) is 0 Å². The smallest absolute Gasteiger partial charge is 0.186 e. The Kier molecular flexibility index (Phi) is 3.81. The highest BCUT2D eigenvalue weighted by Crippen LogP contribution is 2.38. The number of aliphatic hydroxyl groups is 1. The summed E-state index contributed by atoms with van der Waals surface area (Å²) in [5.74, 6) is 0.760. The van der Waals surface area contributed by atoms with Gasteiger partial charge in [-0.15, -0.1) is 11.3 Å². The molecule has 0 bridgehead atoms. The first kappa shape index (κ1) is 13.4. The van der Waals surface area contributed by atoms with Crippen molar-refractivity contribution in [2.45, 2.75) is 64.5 Å². The molecule has 0 radical (unpaired) electrons. The third-order valence-electron chi connectivity index (χ3n) is 4.78. The van der Waals surface area contributed by atoms with Crippen molar-refractivity contribution in [3.63, 3.8) is 0 Å². The molecule has 3 rings (SSSR count). The summed E-state index contributed by atoms with van der Waals surface area (Å²) >= 11 is 1.79. The third-order valence-corrected chi connectivity index (χ3v) is 5.89. The summed E-state index contributed by atoms with van der Waals surface area (Å²) in [5.41, 5.74) is 1.14. The van der Waals surface area contributed by atoms with Gasteiger partial charge in [0.25, 0.3) is 0 Å². The first-order chi connectivity index (χ1) is 9.15. The number of aliphatic hydroxyl groups excluding tert-OH is 1. The molecule has 4 heteroatoms. The molecule has 0 amide bonds. The molecule has 2 fully saturated rings. The van der Waals surface area contributed by atoms with E-state index in [0.717, 1.165) is 29.7 Å². The molecule has 2 heterocycles.